The van der Waals surface area contributed by atoms with Crippen molar-refractivity contribution in [1.82, 2.24) is 0 Å². The van der Waals surface area contributed by atoms with Crippen LogP contribution in [0.4, 0.5) is 5.69 Å². The molecule has 0 saturated heterocycles. The number of allylic oxidation sites excluding steroid dienone is 1. The quantitative estimate of drug-likeness (QED) is 0.446. The molecule has 0 fully saturated rings. The van der Waals surface area contributed by atoms with Crippen LogP contribution < -0.4 is 0 Å². The van der Waals surface area contributed by atoms with Crippen LogP contribution in [0.5, 0.6) is 0 Å². The second kappa shape index (κ2) is 4.92. The van der Waals surface area contributed by atoms with E-state index in [1.54, 1.807) is 12.1 Å². The summed E-state index contributed by atoms with van der Waals surface area (Å²) >= 11 is 5.75. The second-order valence-corrected chi connectivity index (χ2v) is 3.06. The predicted molar refractivity (Wildman–Crippen MR) is 57.1 cm³/mol. The van der Waals surface area contributed by atoms with Crippen molar-refractivity contribution in [2.75, 3.05) is 0 Å². The lowest BCUT2D eigenvalue weighted by atomic mass is 10.1. The topological polar surface area (TPSA) is 90.7 Å². The number of nitro benzene ring substituents is 1. The highest BCUT2D eigenvalue weighted by Crippen LogP contribution is 2.30. The van der Waals surface area contributed by atoms with Crippen molar-refractivity contribution in [2.45, 2.75) is 0 Å². The Labute approximate surface area is 95.9 Å². The molecule has 0 heterocycles. The average molecular weight is 234 g/mol. The van der Waals surface area contributed by atoms with E-state index in [0.717, 1.165) is 0 Å². The Kier molecular flexibility index (Phi) is 3.60. The number of rotatable bonds is 2. The van der Waals surface area contributed by atoms with Gasteiger partial charge in [-0.3, -0.25) is 10.1 Å². The van der Waals surface area contributed by atoms with E-state index in [0.29, 0.717) is 0 Å². The first-order valence-corrected chi connectivity index (χ1v) is 4.43. The lowest BCUT2D eigenvalue weighted by molar-refractivity contribution is -0.385. The van der Waals surface area contributed by atoms with Crippen LogP contribution in [0.15, 0.2) is 29.8 Å². The highest BCUT2D eigenvalue weighted by molar-refractivity contribution is 6.50. The van der Waals surface area contributed by atoms with Crippen molar-refractivity contribution < 1.29 is 4.92 Å². The number of hydrogen-bond acceptors (Lipinski definition) is 4. The fraction of sp³-hybridized carbons (Fsp3) is 0. The first-order valence-electron chi connectivity index (χ1n) is 4.05. The summed E-state index contributed by atoms with van der Waals surface area (Å²) in [4.78, 5) is 10.1. The van der Waals surface area contributed by atoms with E-state index in [1.807, 2.05) is 0 Å². The predicted octanol–water partition coefficient (Wildman–Crippen LogP) is 2.59. The highest BCUT2D eigenvalue weighted by atomic mass is 35.5. The largest absolute Gasteiger partial charge is 0.278 e. The Morgan fingerprint density at radius 3 is 2.38 bits per heavy atom. The van der Waals surface area contributed by atoms with Gasteiger partial charge < -0.3 is 0 Å². The lowest BCUT2D eigenvalue weighted by Gasteiger charge is -2.00. The minimum Gasteiger partial charge on any atom is -0.258 e. The number of benzene rings is 1. The highest BCUT2D eigenvalue weighted by Gasteiger charge is 2.17. The maximum Gasteiger partial charge on any atom is 0.278 e. The summed E-state index contributed by atoms with van der Waals surface area (Å²) in [5.74, 6) is 0. The molecule has 0 radical (unpaired) electrons. The first-order chi connectivity index (χ1) is 7.61. The molecular formula is C10H4ClN3O2. The van der Waals surface area contributed by atoms with Crippen LogP contribution in [0, 0.1) is 32.8 Å². The van der Waals surface area contributed by atoms with Crippen LogP contribution in [-0.4, -0.2) is 4.92 Å². The Morgan fingerprint density at radius 2 is 1.88 bits per heavy atom. The van der Waals surface area contributed by atoms with Crippen molar-refractivity contribution in [3.63, 3.8) is 0 Å². The van der Waals surface area contributed by atoms with E-state index in [9.17, 15) is 10.1 Å². The van der Waals surface area contributed by atoms with Crippen LogP contribution in [0.2, 0.25) is 0 Å². The first kappa shape index (κ1) is 11.7. The fourth-order valence-electron chi connectivity index (χ4n) is 1.08. The fourth-order valence-corrected chi connectivity index (χ4v) is 1.32. The zero-order chi connectivity index (χ0) is 12.1. The van der Waals surface area contributed by atoms with Gasteiger partial charge in [-0.1, -0.05) is 23.7 Å². The molecule has 0 atom stereocenters. The molecular weight excluding hydrogens is 230 g/mol. The molecule has 0 bridgehead atoms. The molecule has 0 saturated carbocycles. The Balaban J connectivity index is 3.48. The molecule has 78 valence electrons. The van der Waals surface area contributed by atoms with Crippen molar-refractivity contribution in [3.8, 4) is 12.1 Å². The van der Waals surface area contributed by atoms with E-state index in [2.05, 4.69) is 0 Å². The van der Waals surface area contributed by atoms with Crippen molar-refractivity contribution in [2.24, 2.45) is 0 Å². The van der Waals surface area contributed by atoms with Gasteiger partial charge in [0.2, 0.25) is 0 Å². The molecule has 0 amide bonds. The maximum atomic E-state index is 10.7. The zero-order valence-corrected chi connectivity index (χ0v) is 8.60. The molecule has 0 aliphatic heterocycles. The Bertz CT molecular complexity index is 536. The summed E-state index contributed by atoms with van der Waals surface area (Å²) in [6, 6.07) is 8.81. The van der Waals surface area contributed by atoms with Crippen molar-refractivity contribution in [1.29, 1.82) is 10.5 Å². The Hall–Kier alpha value is -2.37. The van der Waals surface area contributed by atoms with Crippen molar-refractivity contribution in [3.05, 3.63) is 45.5 Å². The standard InChI is InChI=1S/C10H4ClN3O2/c11-10(7(5-12)6-13)8-3-1-2-4-9(8)14(15)16/h1-4H. The number of halogens is 1. The molecule has 5 nitrogen and oxygen atoms in total. The molecule has 1 aromatic carbocycles. The molecule has 0 aliphatic carbocycles. The summed E-state index contributed by atoms with van der Waals surface area (Å²) in [6.07, 6.45) is 0. The smallest absolute Gasteiger partial charge is 0.258 e. The number of nitrogens with zero attached hydrogens (tertiary/aromatic N) is 3. The summed E-state index contributed by atoms with van der Waals surface area (Å²) in [6.45, 7) is 0. The van der Waals surface area contributed by atoms with Gasteiger partial charge >= 0.3 is 0 Å². The monoisotopic (exact) mass is 233 g/mol. The van der Waals surface area contributed by atoms with Gasteiger partial charge in [0.1, 0.15) is 17.7 Å². The zero-order valence-electron chi connectivity index (χ0n) is 7.85. The molecule has 0 aromatic heterocycles. The van der Waals surface area contributed by atoms with E-state index >= 15 is 0 Å². The van der Waals surface area contributed by atoms with E-state index in [1.165, 1.54) is 24.3 Å². The van der Waals surface area contributed by atoms with Gasteiger partial charge in [0, 0.05) is 6.07 Å². The Morgan fingerprint density at radius 1 is 1.31 bits per heavy atom. The molecule has 16 heavy (non-hydrogen) atoms. The molecule has 0 spiro atoms. The van der Waals surface area contributed by atoms with Crippen LogP contribution >= 0.6 is 11.6 Å². The summed E-state index contributed by atoms with van der Waals surface area (Å²) in [5, 5.41) is 27.7. The number of nitro groups is 1. The molecule has 1 aromatic rings. The van der Waals surface area contributed by atoms with E-state index < -0.39 is 4.92 Å². The third kappa shape index (κ3) is 2.17. The van der Waals surface area contributed by atoms with Gasteiger partial charge in [-0.2, -0.15) is 10.5 Å². The second-order valence-electron chi connectivity index (χ2n) is 2.69. The van der Waals surface area contributed by atoms with Gasteiger partial charge in [0.15, 0.2) is 0 Å². The summed E-state index contributed by atoms with van der Waals surface area (Å²) < 4.78 is 0. The summed E-state index contributed by atoms with van der Waals surface area (Å²) in [7, 11) is 0. The SMILES string of the molecule is N#CC(C#N)=C(Cl)c1ccccc1[N+](=O)[O-]. The van der Waals surface area contributed by atoms with Crippen molar-refractivity contribution >= 4 is 22.3 Å². The molecule has 6 heteroatoms. The summed E-state index contributed by atoms with van der Waals surface area (Å²) in [5.41, 5.74) is -0.529. The minimum atomic E-state index is -0.621. The van der Waals surface area contributed by atoms with E-state index in [-0.39, 0.29) is 21.9 Å². The van der Waals surface area contributed by atoms with Gasteiger partial charge in [0.25, 0.3) is 5.69 Å². The third-order valence-electron chi connectivity index (χ3n) is 1.78. The third-order valence-corrected chi connectivity index (χ3v) is 2.17. The maximum absolute atomic E-state index is 10.7. The van der Waals surface area contributed by atoms with Crippen LogP contribution in [0.25, 0.3) is 5.03 Å². The average Bonchev–Trinajstić information content (AvgIpc) is 2.30. The van der Waals surface area contributed by atoms with Crippen LogP contribution in [-0.2, 0) is 0 Å². The molecule has 0 unspecified atom stereocenters. The molecule has 1 rings (SSSR count). The normalized spacial score (nSPS) is 8.69. The van der Waals surface area contributed by atoms with Crippen LogP contribution in [0.1, 0.15) is 5.56 Å². The lowest BCUT2D eigenvalue weighted by Crippen LogP contribution is -1.93. The number of para-hydroxylation sites is 1. The molecule has 0 aliphatic rings. The van der Waals surface area contributed by atoms with Gasteiger partial charge in [-0.15, -0.1) is 0 Å². The van der Waals surface area contributed by atoms with Crippen LogP contribution in [0.3, 0.4) is 0 Å². The van der Waals surface area contributed by atoms with Gasteiger partial charge in [-0.05, 0) is 6.07 Å². The molecule has 0 N–H and O–H groups in total. The van der Waals surface area contributed by atoms with Gasteiger partial charge in [0.05, 0.1) is 15.5 Å². The van der Waals surface area contributed by atoms with E-state index in [4.69, 9.17) is 22.1 Å². The van der Waals surface area contributed by atoms with Gasteiger partial charge in [-0.25, -0.2) is 0 Å². The number of hydrogen-bond donors (Lipinski definition) is 0. The minimum absolute atomic E-state index is 0.0623. The number of nitriles is 2.